The molecule has 28 heavy (non-hydrogen) atoms. The largest absolute Gasteiger partial charge is 0.490 e. The number of thioether (sulfide) groups is 1. The van der Waals surface area contributed by atoms with Crippen molar-refractivity contribution in [3.8, 4) is 5.75 Å². The molecule has 1 unspecified atom stereocenters. The van der Waals surface area contributed by atoms with E-state index in [1.807, 2.05) is 55.5 Å². The van der Waals surface area contributed by atoms with Crippen LogP contribution in [0.2, 0.25) is 0 Å². The molecule has 0 aliphatic carbocycles. The van der Waals surface area contributed by atoms with E-state index in [4.69, 9.17) is 9.73 Å². The van der Waals surface area contributed by atoms with Crippen molar-refractivity contribution < 1.29 is 9.53 Å². The molecule has 0 spiro atoms. The summed E-state index contributed by atoms with van der Waals surface area (Å²) in [6, 6.07) is 15.3. The van der Waals surface area contributed by atoms with Crippen molar-refractivity contribution in [1.82, 2.24) is 10.3 Å². The van der Waals surface area contributed by atoms with Crippen molar-refractivity contribution >= 4 is 28.5 Å². The van der Waals surface area contributed by atoms with Crippen molar-refractivity contribution in [2.24, 2.45) is 10.1 Å². The molecular weight excluding hydrogens is 372 g/mol. The zero-order valence-electron chi connectivity index (χ0n) is 15.5. The van der Waals surface area contributed by atoms with Crippen LogP contribution in [0.4, 0.5) is 0 Å². The molecule has 2 aromatic carbocycles. The number of fused-ring (bicyclic) bond motifs is 2. The lowest BCUT2D eigenvalue weighted by molar-refractivity contribution is -0.116. The Kier molecular flexibility index (Phi) is 5.16. The Hall–Kier alpha value is -3.06. The number of amides is 1. The molecule has 2 heterocycles. The number of nitrogens with zero attached hydrogens (tertiary/aromatic N) is 3. The number of hydrogen-bond donors (Lipinski definition) is 1. The van der Waals surface area contributed by atoms with Gasteiger partial charge in [-0.3, -0.25) is 15.1 Å². The van der Waals surface area contributed by atoms with E-state index in [2.05, 4.69) is 17.0 Å². The molecule has 2 aliphatic heterocycles. The number of hydrogen-bond acceptors (Lipinski definition) is 6. The average Bonchev–Trinajstić information content (AvgIpc) is 2.72. The molecule has 2 aliphatic rings. The monoisotopic (exact) mass is 392 g/mol. The summed E-state index contributed by atoms with van der Waals surface area (Å²) in [5.41, 5.74) is 1.44. The van der Waals surface area contributed by atoms with Gasteiger partial charge in [-0.15, -0.1) is 5.10 Å². The van der Waals surface area contributed by atoms with Crippen molar-refractivity contribution in [1.29, 1.82) is 0 Å². The van der Waals surface area contributed by atoms with Crippen LogP contribution >= 0.6 is 11.8 Å². The standard InChI is InChI=1S/C21H20N4O2S/c1-3-13-27-15-11-9-14(10-12-15)19-22-17-8-6-5-7-16(17)18-20(26)23-21(28-4-2)24-25(18)19/h3,5-12,19H,1,4,13H2,2H3,(H,23,24,26). The highest BCUT2D eigenvalue weighted by atomic mass is 32.2. The summed E-state index contributed by atoms with van der Waals surface area (Å²) < 4.78 is 5.56. The van der Waals surface area contributed by atoms with Gasteiger partial charge in [0.05, 0.1) is 5.36 Å². The first-order valence-electron chi connectivity index (χ1n) is 9.04. The van der Waals surface area contributed by atoms with Crippen LogP contribution < -0.4 is 20.6 Å². The summed E-state index contributed by atoms with van der Waals surface area (Å²) in [4.78, 5) is 17.7. The Morgan fingerprint density at radius 2 is 2.04 bits per heavy atom. The molecule has 1 atom stereocenters. The molecule has 0 aromatic heterocycles. The predicted molar refractivity (Wildman–Crippen MR) is 111 cm³/mol. The Balaban J connectivity index is 1.81. The van der Waals surface area contributed by atoms with Crippen LogP contribution in [-0.4, -0.2) is 28.4 Å². The molecule has 4 rings (SSSR count). The fourth-order valence-electron chi connectivity index (χ4n) is 3.14. The van der Waals surface area contributed by atoms with E-state index in [1.165, 1.54) is 11.8 Å². The highest BCUT2D eigenvalue weighted by molar-refractivity contribution is 8.13. The molecule has 7 heteroatoms. The van der Waals surface area contributed by atoms with Crippen molar-refractivity contribution in [2.45, 2.75) is 13.1 Å². The van der Waals surface area contributed by atoms with Crippen molar-refractivity contribution in [3.63, 3.8) is 0 Å². The Labute approximate surface area is 167 Å². The number of carbonyl (C=O) groups excluding carboxylic acids is 1. The topological polar surface area (TPSA) is 66.3 Å². The van der Waals surface area contributed by atoms with Gasteiger partial charge >= 0.3 is 0 Å². The zero-order chi connectivity index (χ0) is 19.5. The summed E-state index contributed by atoms with van der Waals surface area (Å²) in [5.74, 6) is 1.41. The lowest BCUT2D eigenvalue weighted by Crippen LogP contribution is -2.50. The Bertz CT molecular complexity index is 1060. The molecular formula is C21H20N4O2S. The molecule has 0 fully saturated rings. The molecule has 0 saturated carbocycles. The SMILES string of the molecule is C=CCOc1ccc(C2N=c3ccccc3=C3C(=O)NC(SCC)=NN32)cc1. The van der Waals surface area contributed by atoms with E-state index < -0.39 is 6.17 Å². The number of carbonyl (C=O) groups is 1. The molecule has 0 radical (unpaired) electrons. The van der Waals surface area contributed by atoms with E-state index in [9.17, 15) is 4.79 Å². The number of para-hydroxylation sites is 1. The first-order chi connectivity index (χ1) is 13.7. The fourth-order valence-corrected chi connectivity index (χ4v) is 3.72. The maximum Gasteiger partial charge on any atom is 0.276 e. The Morgan fingerprint density at radius 3 is 2.79 bits per heavy atom. The van der Waals surface area contributed by atoms with Crippen LogP contribution in [0.25, 0.3) is 5.70 Å². The molecule has 0 saturated heterocycles. The number of rotatable bonds is 5. The van der Waals surface area contributed by atoms with E-state index >= 15 is 0 Å². The summed E-state index contributed by atoms with van der Waals surface area (Å²) in [6.45, 7) is 6.13. The highest BCUT2D eigenvalue weighted by Crippen LogP contribution is 2.31. The second-order valence-corrected chi connectivity index (χ2v) is 7.43. The summed E-state index contributed by atoms with van der Waals surface area (Å²) >= 11 is 1.49. The maximum absolute atomic E-state index is 12.9. The van der Waals surface area contributed by atoms with Crippen LogP contribution in [0.3, 0.4) is 0 Å². The summed E-state index contributed by atoms with van der Waals surface area (Å²) in [7, 11) is 0. The van der Waals surface area contributed by atoms with Gasteiger partial charge in [-0.1, -0.05) is 61.7 Å². The quantitative estimate of drug-likeness (QED) is 0.792. The lowest BCUT2D eigenvalue weighted by Gasteiger charge is -2.34. The third-order valence-electron chi connectivity index (χ3n) is 4.34. The zero-order valence-corrected chi connectivity index (χ0v) is 16.3. The first-order valence-corrected chi connectivity index (χ1v) is 10.0. The second-order valence-electron chi connectivity index (χ2n) is 6.17. The van der Waals surface area contributed by atoms with Crippen molar-refractivity contribution in [2.75, 3.05) is 12.4 Å². The number of nitrogens with one attached hydrogen (secondary N) is 1. The van der Waals surface area contributed by atoms with Crippen LogP contribution in [0.15, 0.2) is 71.3 Å². The summed E-state index contributed by atoms with van der Waals surface area (Å²) in [6.07, 6.45) is 1.29. The number of ether oxygens (including phenoxy) is 1. The normalized spacial score (nSPS) is 17.7. The van der Waals surface area contributed by atoms with Gasteiger partial charge in [0.15, 0.2) is 11.3 Å². The van der Waals surface area contributed by atoms with E-state index in [-0.39, 0.29) is 5.91 Å². The molecule has 6 nitrogen and oxygen atoms in total. The molecule has 2 aromatic rings. The number of amidine groups is 1. The Morgan fingerprint density at radius 1 is 1.25 bits per heavy atom. The number of hydrazone groups is 1. The number of benzene rings is 2. The van der Waals surface area contributed by atoms with Gasteiger partial charge in [0.25, 0.3) is 5.91 Å². The van der Waals surface area contributed by atoms with Crippen LogP contribution in [0.1, 0.15) is 18.7 Å². The van der Waals surface area contributed by atoms with Crippen LogP contribution in [0.5, 0.6) is 5.75 Å². The van der Waals surface area contributed by atoms with E-state index in [0.717, 1.165) is 27.6 Å². The van der Waals surface area contributed by atoms with Gasteiger partial charge in [-0.25, -0.2) is 5.01 Å². The summed E-state index contributed by atoms with van der Waals surface area (Å²) in [5, 5.41) is 11.4. The van der Waals surface area contributed by atoms with Crippen LogP contribution in [-0.2, 0) is 4.79 Å². The van der Waals surface area contributed by atoms with Gasteiger partial charge < -0.3 is 4.74 Å². The molecule has 0 bridgehead atoms. The third-order valence-corrected chi connectivity index (χ3v) is 5.09. The average molecular weight is 392 g/mol. The lowest BCUT2D eigenvalue weighted by atomic mass is 10.1. The van der Waals surface area contributed by atoms with Crippen molar-refractivity contribution in [3.05, 3.63) is 77.3 Å². The molecule has 1 amide bonds. The minimum absolute atomic E-state index is 0.163. The second kappa shape index (κ2) is 7.90. The smallest absolute Gasteiger partial charge is 0.276 e. The van der Waals surface area contributed by atoms with E-state index in [1.54, 1.807) is 11.1 Å². The maximum atomic E-state index is 12.9. The van der Waals surface area contributed by atoms with Gasteiger partial charge in [0, 0.05) is 5.22 Å². The highest BCUT2D eigenvalue weighted by Gasteiger charge is 2.34. The minimum Gasteiger partial charge on any atom is -0.490 e. The van der Waals surface area contributed by atoms with Crippen LogP contribution in [0, 0.1) is 0 Å². The van der Waals surface area contributed by atoms with Gasteiger partial charge in [0.2, 0.25) is 0 Å². The molecule has 1 N–H and O–H groups in total. The predicted octanol–water partition coefficient (Wildman–Crippen LogP) is 2.15. The first kappa shape index (κ1) is 18.3. The fraction of sp³-hybridized carbons (Fsp3) is 0.190. The van der Waals surface area contributed by atoms with Gasteiger partial charge in [-0.05, 0) is 29.5 Å². The minimum atomic E-state index is -0.420. The van der Waals surface area contributed by atoms with Gasteiger partial charge in [0.1, 0.15) is 18.1 Å². The third kappa shape index (κ3) is 3.41. The molecule has 142 valence electrons. The van der Waals surface area contributed by atoms with Gasteiger partial charge in [-0.2, -0.15) is 0 Å². The van der Waals surface area contributed by atoms with E-state index in [0.29, 0.717) is 17.5 Å².